The first-order valence-electron chi connectivity index (χ1n) is 13.7. The number of carbonyl (C=O) groups is 2. The molecule has 1 heterocycles. The van der Waals surface area contributed by atoms with Crippen LogP contribution in [0.15, 0.2) is 59.4 Å². The van der Waals surface area contributed by atoms with Crippen molar-refractivity contribution in [2.75, 3.05) is 6.61 Å². The zero-order valence-electron chi connectivity index (χ0n) is 22.5. The number of hydrogen-bond donors (Lipinski definition) is 2. The molecule has 4 rings (SSSR count). The van der Waals surface area contributed by atoms with Gasteiger partial charge in [0.2, 0.25) is 5.56 Å². The topological polar surface area (TPSA) is 97.5 Å². The monoisotopic (exact) mass is 518 g/mol. The zero-order chi connectivity index (χ0) is 27.1. The molecule has 0 bridgehead atoms. The lowest BCUT2D eigenvalue weighted by Crippen LogP contribution is -2.44. The molecule has 1 aromatic heterocycles. The number of carbonyl (C=O) groups excluding carboxylic acids is 2. The Morgan fingerprint density at radius 3 is 2.53 bits per heavy atom. The minimum Gasteiger partial charge on any atom is -0.460 e. The van der Waals surface area contributed by atoms with E-state index in [0.717, 1.165) is 48.6 Å². The standard InChI is InChI=1S/C31H38N2O5/c1-4-26(32-21(3)19-37-31(36)23-14-9-8-11-20(23)2)29(38-30(35)22-12-6-5-7-13-22)25-15-10-16-27-24(25)17-18-28(34)33-27/h8-11,14-18,21-22,26,29,32H,4-7,12-13,19H2,1-3H3,(H,33,34). The molecule has 1 fully saturated rings. The largest absolute Gasteiger partial charge is 0.460 e. The molecule has 3 aromatic rings. The van der Waals surface area contributed by atoms with Crippen molar-refractivity contribution in [2.45, 2.75) is 77.5 Å². The third-order valence-electron chi connectivity index (χ3n) is 7.42. The molecule has 1 saturated carbocycles. The highest BCUT2D eigenvalue weighted by Gasteiger charge is 2.32. The highest BCUT2D eigenvalue weighted by molar-refractivity contribution is 5.91. The third-order valence-corrected chi connectivity index (χ3v) is 7.42. The van der Waals surface area contributed by atoms with Crippen LogP contribution in [0.2, 0.25) is 0 Å². The summed E-state index contributed by atoms with van der Waals surface area (Å²) in [6.45, 7) is 6.05. The Bertz CT molecular complexity index is 1310. The van der Waals surface area contributed by atoms with E-state index in [1.165, 1.54) is 6.07 Å². The van der Waals surface area contributed by atoms with Crippen molar-refractivity contribution in [3.8, 4) is 0 Å². The molecule has 0 radical (unpaired) electrons. The van der Waals surface area contributed by atoms with E-state index in [1.54, 1.807) is 12.1 Å². The van der Waals surface area contributed by atoms with Crippen molar-refractivity contribution in [3.05, 3.63) is 81.6 Å². The maximum atomic E-state index is 13.3. The van der Waals surface area contributed by atoms with E-state index in [9.17, 15) is 14.4 Å². The van der Waals surface area contributed by atoms with Crippen molar-refractivity contribution < 1.29 is 19.1 Å². The fourth-order valence-corrected chi connectivity index (χ4v) is 5.29. The molecule has 1 aliphatic rings. The first kappa shape index (κ1) is 27.6. The number of fused-ring (bicyclic) bond motifs is 1. The predicted molar refractivity (Wildman–Crippen MR) is 148 cm³/mol. The van der Waals surface area contributed by atoms with Crippen LogP contribution < -0.4 is 10.9 Å². The molecular formula is C31H38N2O5. The second-order valence-corrected chi connectivity index (χ2v) is 10.3. The SMILES string of the molecule is CCC(NC(C)COC(=O)c1ccccc1C)C(OC(=O)C1CCCCC1)c1cccc2[nH]c(=O)ccc12. The number of H-pyrrole nitrogens is 1. The van der Waals surface area contributed by atoms with Gasteiger partial charge in [-0.1, -0.05) is 56.5 Å². The second-order valence-electron chi connectivity index (χ2n) is 10.3. The molecule has 7 nitrogen and oxygen atoms in total. The van der Waals surface area contributed by atoms with Gasteiger partial charge >= 0.3 is 11.9 Å². The molecule has 0 spiro atoms. The fourth-order valence-electron chi connectivity index (χ4n) is 5.29. The van der Waals surface area contributed by atoms with E-state index in [2.05, 4.69) is 10.3 Å². The minimum absolute atomic E-state index is 0.0916. The molecule has 202 valence electrons. The average molecular weight is 519 g/mol. The summed E-state index contributed by atoms with van der Waals surface area (Å²) in [7, 11) is 0. The lowest BCUT2D eigenvalue weighted by atomic mass is 9.89. The number of rotatable bonds is 10. The van der Waals surface area contributed by atoms with Crippen LogP contribution in [0.5, 0.6) is 0 Å². The second kappa shape index (κ2) is 12.9. The smallest absolute Gasteiger partial charge is 0.338 e. The lowest BCUT2D eigenvalue weighted by molar-refractivity contribution is -0.157. The number of pyridine rings is 1. The fraction of sp³-hybridized carbons (Fsp3) is 0.452. The van der Waals surface area contributed by atoms with Crippen molar-refractivity contribution >= 4 is 22.8 Å². The van der Waals surface area contributed by atoms with Crippen LogP contribution in [0.3, 0.4) is 0 Å². The summed E-state index contributed by atoms with van der Waals surface area (Å²) in [5.41, 5.74) is 2.78. The average Bonchev–Trinajstić information content (AvgIpc) is 2.93. The van der Waals surface area contributed by atoms with Crippen LogP contribution in [-0.4, -0.2) is 35.6 Å². The first-order chi connectivity index (χ1) is 18.4. The van der Waals surface area contributed by atoms with E-state index in [4.69, 9.17) is 9.47 Å². The summed E-state index contributed by atoms with van der Waals surface area (Å²) < 4.78 is 11.9. The summed E-state index contributed by atoms with van der Waals surface area (Å²) in [6, 6.07) is 15.9. The highest BCUT2D eigenvalue weighted by Crippen LogP contribution is 2.33. The van der Waals surface area contributed by atoms with Crippen LogP contribution in [0.1, 0.15) is 80.0 Å². The van der Waals surface area contributed by atoms with Gasteiger partial charge in [-0.3, -0.25) is 9.59 Å². The minimum atomic E-state index is -0.571. The van der Waals surface area contributed by atoms with E-state index in [-0.39, 0.29) is 42.1 Å². The number of aromatic nitrogens is 1. The maximum absolute atomic E-state index is 13.3. The van der Waals surface area contributed by atoms with Gasteiger partial charge in [0.05, 0.1) is 11.5 Å². The Morgan fingerprint density at radius 1 is 1.03 bits per heavy atom. The Morgan fingerprint density at radius 2 is 1.79 bits per heavy atom. The van der Waals surface area contributed by atoms with E-state index in [0.29, 0.717) is 17.5 Å². The molecule has 7 heteroatoms. The van der Waals surface area contributed by atoms with Crippen molar-refractivity contribution in [2.24, 2.45) is 5.92 Å². The molecule has 38 heavy (non-hydrogen) atoms. The number of aromatic amines is 1. The van der Waals surface area contributed by atoms with Gasteiger partial charge in [-0.15, -0.1) is 0 Å². The van der Waals surface area contributed by atoms with Gasteiger partial charge in [0.1, 0.15) is 12.7 Å². The maximum Gasteiger partial charge on any atom is 0.338 e. The molecule has 1 aliphatic carbocycles. The van der Waals surface area contributed by atoms with Gasteiger partial charge in [-0.25, -0.2) is 4.79 Å². The first-order valence-corrected chi connectivity index (χ1v) is 13.7. The molecule has 0 aliphatic heterocycles. The van der Waals surface area contributed by atoms with Crippen LogP contribution >= 0.6 is 0 Å². The number of aryl methyl sites for hydroxylation is 1. The van der Waals surface area contributed by atoms with Gasteiger partial charge in [0.25, 0.3) is 0 Å². The molecule has 3 atom stereocenters. The van der Waals surface area contributed by atoms with Gasteiger partial charge in [-0.2, -0.15) is 0 Å². The van der Waals surface area contributed by atoms with Crippen molar-refractivity contribution in [1.82, 2.24) is 10.3 Å². The quantitative estimate of drug-likeness (QED) is 0.338. The van der Waals surface area contributed by atoms with Crippen LogP contribution in [0.25, 0.3) is 10.9 Å². The van der Waals surface area contributed by atoms with Crippen LogP contribution in [-0.2, 0) is 14.3 Å². The van der Waals surface area contributed by atoms with Gasteiger partial charge in [0.15, 0.2) is 0 Å². The summed E-state index contributed by atoms with van der Waals surface area (Å²) in [5, 5.41) is 4.38. The zero-order valence-corrected chi connectivity index (χ0v) is 22.5. The van der Waals surface area contributed by atoms with Gasteiger partial charge < -0.3 is 19.8 Å². The molecule has 0 amide bonds. The molecule has 0 saturated heterocycles. The summed E-state index contributed by atoms with van der Waals surface area (Å²) in [4.78, 5) is 40.8. The third kappa shape index (κ3) is 6.70. The van der Waals surface area contributed by atoms with Crippen molar-refractivity contribution in [3.63, 3.8) is 0 Å². The summed E-state index contributed by atoms with van der Waals surface area (Å²) >= 11 is 0. The predicted octanol–water partition coefficient (Wildman–Crippen LogP) is 5.61. The molecule has 3 unspecified atom stereocenters. The number of benzene rings is 2. The van der Waals surface area contributed by atoms with Gasteiger partial charge in [-0.05, 0) is 56.9 Å². The Hall–Kier alpha value is -3.45. The number of esters is 2. The summed E-state index contributed by atoms with van der Waals surface area (Å²) in [6.07, 6.45) is 5.05. The summed E-state index contributed by atoms with van der Waals surface area (Å²) in [5.74, 6) is -0.621. The van der Waals surface area contributed by atoms with Crippen LogP contribution in [0.4, 0.5) is 0 Å². The number of hydrogen-bond acceptors (Lipinski definition) is 6. The van der Waals surface area contributed by atoms with Gasteiger partial charge in [0, 0.05) is 34.6 Å². The van der Waals surface area contributed by atoms with E-state index < -0.39 is 6.10 Å². The molecular weight excluding hydrogens is 480 g/mol. The normalized spacial score (nSPS) is 16.5. The van der Waals surface area contributed by atoms with E-state index in [1.807, 2.05) is 57.2 Å². The lowest BCUT2D eigenvalue weighted by Gasteiger charge is -2.32. The number of ether oxygens (including phenoxy) is 2. The Labute approximate surface area is 223 Å². The highest BCUT2D eigenvalue weighted by atomic mass is 16.5. The molecule has 2 aromatic carbocycles. The van der Waals surface area contributed by atoms with Crippen molar-refractivity contribution in [1.29, 1.82) is 0 Å². The van der Waals surface area contributed by atoms with Crippen LogP contribution in [0, 0.1) is 12.8 Å². The Balaban J connectivity index is 1.55. The Kier molecular flexibility index (Phi) is 9.34. The molecule has 2 N–H and O–H groups in total. The van der Waals surface area contributed by atoms with E-state index >= 15 is 0 Å². The number of nitrogens with one attached hydrogen (secondary N) is 2.